The fourth-order valence-electron chi connectivity index (χ4n) is 0.144. The summed E-state index contributed by atoms with van der Waals surface area (Å²) < 4.78 is 0. The third-order valence-corrected chi connectivity index (χ3v) is 1.00. The summed E-state index contributed by atoms with van der Waals surface area (Å²) in [5.41, 5.74) is 0.523. The first kappa shape index (κ1) is 6.63. The highest BCUT2D eigenvalue weighted by Gasteiger charge is 1.94. The predicted molar refractivity (Wildman–Crippen MR) is 32.7 cm³/mol. The monoisotopic (exact) mass is 115 g/mol. The Balaban J connectivity index is 3.58. The van der Waals surface area contributed by atoms with Crippen molar-refractivity contribution in [3.8, 4) is 0 Å². The van der Waals surface area contributed by atoms with E-state index in [-0.39, 0.29) is 5.05 Å². The van der Waals surface area contributed by atoms with Crippen molar-refractivity contribution in [3.05, 3.63) is 12.2 Å². The molecule has 0 rings (SSSR count). The second kappa shape index (κ2) is 2.75. The molecule has 0 bridgehead atoms. The van der Waals surface area contributed by atoms with Gasteiger partial charge in [0.1, 0.15) is 0 Å². The molecule has 0 aromatic carbocycles. The van der Waals surface area contributed by atoms with Gasteiger partial charge in [-0.15, -0.1) is 0 Å². The molecule has 0 unspecified atom stereocenters. The Morgan fingerprint density at radius 3 is 2.29 bits per heavy atom. The first-order valence-corrected chi connectivity index (χ1v) is 2.48. The molecule has 1 radical (unpaired) electrons. The molecule has 0 saturated heterocycles. The standard InChI is InChI=1S/C5H7OS/c1-3-4(2)5(6)7/h2-3H2,1H3. The molecule has 0 heterocycles. The van der Waals surface area contributed by atoms with E-state index < -0.39 is 0 Å². The Morgan fingerprint density at radius 2 is 2.29 bits per heavy atom. The summed E-state index contributed by atoms with van der Waals surface area (Å²) in [7, 11) is 0. The van der Waals surface area contributed by atoms with Gasteiger partial charge in [0.25, 0.3) is 0 Å². The van der Waals surface area contributed by atoms with E-state index in [0.29, 0.717) is 12.0 Å². The summed E-state index contributed by atoms with van der Waals surface area (Å²) in [6, 6.07) is 0. The lowest BCUT2D eigenvalue weighted by molar-refractivity contribution is 0.440. The van der Waals surface area contributed by atoms with Crippen LogP contribution in [0.5, 0.6) is 0 Å². The minimum atomic E-state index is -0.317. The van der Waals surface area contributed by atoms with Crippen LogP contribution in [0.1, 0.15) is 13.3 Å². The quantitative estimate of drug-likeness (QED) is 0.396. The molecule has 0 N–H and O–H groups in total. The smallest absolute Gasteiger partial charge is 0.244 e. The van der Waals surface area contributed by atoms with Crippen molar-refractivity contribution < 1.29 is 5.11 Å². The first-order chi connectivity index (χ1) is 3.18. The highest BCUT2D eigenvalue weighted by atomic mass is 32.1. The Kier molecular flexibility index (Phi) is 2.60. The molecule has 0 aromatic heterocycles. The fourth-order valence-corrected chi connectivity index (χ4v) is 0.289. The van der Waals surface area contributed by atoms with Gasteiger partial charge < -0.3 is 0 Å². The van der Waals surface area contributed by atoms with Crippen LogP contribution in [-0.4, -0.2) is 5.05 Å². The van der Waals surface area contributed by atoms with Gasteiger partial charge in [0.15, 0.2) is 0 Å². The molecule has 0 fully saturated rings. The summed E-state index contributed by atoms with van der Waals surface area (Å²) in [4.78, 5) is 0. The summed E-state index contributed by atoms with van der Waals surface area (Å²) in [5.74, 6) is 0. The maximum Gasteiger partial charge on any atom is 0.244 e. The van der Waals surface area contributed by atoms with E-state index in [1.54, 1.807) is 0 Å². The second-order valence-electron chi connectivity index (χ2n) is 1.24. The number of thiocarbonyl (C=S) groups is 1. The zero-order valence-electron chi connectivity index (χ0n) is 4.23. The average Bonchev–Trinajstić information content (AvgIpc) is 1.65. The zero-order chi connectivity index (χ0) is 5.86. The summed E-state index contributed by atoms with van der Waals surface area (Å²) in [6.07, 6.45) is 0.669. The molecule has 0 aliphatic heterocycles. The van der Waals surface area contributed by atoms with Gasteiger partial charge in [-0.1, -0.05) is 13.5 Å². The molecule has 0 aromatic rings. The Bertz CT molecular complexity index is 96.3. The van der Waals surface area contributed by atoms with E-state index >= 15 is 0 Å². The van der Waals surface area contributed by atoms with Crippen molar-refractivity contribution in [1.29, 1.82) is 0 Å². The average molecular weight is 115 g/mol. The van der Waals surface area contributed by atoms with E-state index in [1.165, 1.54) is 0 Å². The van der Waals surface area contributed by atoms with Crippen LogP contribution in [-0.2, 0) is 5.11 Å². The molecule has 0 aliphatic carbocycles. The van der Waals surface area contributed by atoms with Gasteiger partial charge in [-0.3, -0.25) is 5.11 Å². The predicted octanol–water partition coefficient (Wildman–Crippen LogP) is 1.71. The molecule has 39 valence electrons. The van der Waals surface area contributed by atoms with Crippen molar-refractivity contribution in [2.75, 3.05) is 0 Å². The lowest BCUT2D eigenvalue weighted by Crippen LogP contribution is -1.90. The molecule has 7 heavy (non-hydrogen) atoms. The van der Waals surface area contributed by atoms with Crippen LogP contribution in [0.3, 0.4) is 0 Å². The summed E-state index contributed by atoms with van der Waals surface area (Å²) in [5, 5.41) is 9.77. The molecule has 0 spiro atoms. The Labute approximate surface area is 48.7 Å². The van der Waals surface area contributed by atoms with E-state index in [2.05, 4.69) is 18.8 Å². The molecule has 1 nitrogen and oxygen atoms in total. The van der Waals surface area contributed by atoms with Crippen molar-refractivity contribution in [2.45, 2.75) is 13.3 Å². The largest absolute Gasteiger partial charge is 0.277 e. The second-order valence-corrected chi connectivity index (χ2v) is 1.62. The lowest BCUT2D eigenvalue weighted by atomic mass is 10.3. The van der Waals surface area contributed by atoms with E-state index in [9.17, 15) is 5.11 Å². The molecule has 0 atom stereocenters. The van der Waals surface area contributed by atoms with Crippen LogP contribution in [0.25, 0.3) is 0 Å². The number of hydrogen-bond donors (Lipinski definition) is 0. The SMILES string of the molecule is C=C(CC)C([O])=S. The Morgan fingerprint density at radius 1 is 1.86 bits per heavy atom. The third-order valence-electron chi connectivity index (χ3n) is 0.715. The third kappa shape index (κ3) is 2.34. The van der Waals surface area contributed by atoms with Crippen molar-refractivity contribution in [3.63, 3.8) is 0 Å². The highest BCUT2D eigenvalue weighted by Crippen LogP contribution is 1.96. The van der Waals surface area contributed by atoms with E-state index in [0.717, 1.165) is 0 Å². The van der Waals surface area contributed by atoms with Crippen molar-refractivity contribution in [2.24, 2.45) is 0 Å². The van der Waals surface area contributed by atoms with Gasteiger partial charge in [0.2, 0.25) is 5.05 Å². The van der Waals surface area contributed by atoms with Gasteiger partial charge in [0, 0.05) is 5.57 Å². The molecule has 0 amide bonds. The highest BCUT2D eigenvalue weighted by molar-refractivity contribution is 7.80. The minimum absolute atomic E-state index is 0.317. The topological polar surface area (TPSA) is 19.9 Å². The zero-order valence-corrected chi connectivity index (χ0v) is 5.05. The van der Waals surface area contributed by atoms with Crippen LogP contribution in [0.15, 0.2) is 12.2 Å². The van der Waals surface area contributed by atoms with Crippen LogP contribution in [0.2, 0.25) is 0 Å². The van der Waals surface area contributed by atoms with Crippen LogP contribution >= 0.6 is 12.2 Å². The van der Waals surface area contributed by atoms with Gasteiger partial charge in [-0.05, 0) is 18.6 Å². The normalized spacial score (nSPS) is 8.14. The van der Waals surface area contributed by atoms with Crippen LogP contribution < -0.4 is 0 Å². The van der Waals surface area contributed by atoms with Crippen molar-refractivity contribution >= 4 is 17.3 Å². The summed E-state index contributed by atoms with van der Waals surface area (Å²) >= 11 is 4.26. The van der Waals surface area contributed by atoms with Gasteiger partial charge >= 0.3 is 0 Å². The van der Waals surface area contributed by atoms with Crippen molar-refractivity contribution in [1.82, 2.24) is 0 Å². The maximum atomic E-state index is 10.1. The molecule has 2 heteroatoms. The minimum Gasteiger partial charge on any atom is -0.277 e. The van der Waals surface area contributed by atoms with E-state index in [4.69, 9.17) is 0 Å². The molecular formula is C5H7OS. The Hall–Kier alpha value is -0.370. The fraction of sp³-hybridized carbons (Fsp3) is 0.400. The maximum absolute atomic E-state index is 10.1. The van der Waals surface area contributed by atoms with Gasteiger partial charge in [-0.2, -0.15) is 0 Å². The van der Waals surface area contributed by atoms with Crippen LogP contribution in [0.4, 0.5) is 0 Å². The lowest BCUT2D eigenvalue weighted by Gasteiger charge is -1.87. The van der Waals surface area contributed by atoms with E-state index in [1.807, 2.05) is 6.92 Å². The molecular weight excluding hydrogens is 108 g/mol. The number of rotatable bonds is 2. The van der Waals surface area contributed by atoms with Gasteiger partial charge in [0.05, 0.1) is 0 Å². The number of hydrogen-bond acceptors (Lipinski definition) is 1. The van der Waals surface area contributed by atoms with Crippen LogP contribution in [0, 0.1) is 0 Å². The first-order valence-electron chi connectivity index (χ1n) is 2.07. The molecule has 0 aliphatic rings. The molecule has 0 saturated carbocycles. The van der Waals surface area contributed by atoms with Gasteiger partial charge in [-0.25, -0.2) is 0 Å². The summed E-state index contributed by atoms with van der Waals surface area (Å²) in [6.45, 7) is 5.27.